The lowest BCUT2D eigenvalue weighted by molar-refractivity contribution is -0.277. The number of hydrogen-bond acceptors (Lipinski definition) is 3. The second kappa shape index (κ2) is 8.15. The number of rotatable bonds is 2. The smallest absolute Gasteiger partial charge is 0.192 e. The zero-order chi connectivity index (χ0) is 24.8. The first-order valence-electron chi connectivity index (χ1n) is 13.7. The molecule has 0 aromatic heterocycles. The molecule has 5 atom stereocenters. The Hall–Kier alpha value is 0.307. The van der Waals surface area contributed by atoms with Gasteiger partial charge in [0.1, 0.15) is 0 Å². The van der Waals surface area contributed by atoms with Gasteiger partial charge in [0.05, 0.1) is 22.7 Å². The third kappa shape index (κ3) is 4.06. The molecule has 34 heavy (non-hydrogen) atoms. The van der Waals surface area contributed by atoms with Gasteiger partial charge in [-0.3, -0.25) is 0 Å². The Morgan fingerprint density at radius 2 is 1.71 bits per heavy atom. The van der Waals surface area contributed by atoms with E-state index >= 15 is 0 Å². The van der Waals surface area contributed by atoms with Gasteiger partial charge in [-0.2, -0.15) is 0 Å². The van der Waals surface area contributed by atoms with Crippen LogP contribution in [0.25, 0.3) is 0 Å². The van der Waals surface area contributed by atoms with Crippen molar-refractivity contribution in [2.75, 3.05) is 13.2 Å². The Balaban J connectivity index is 1.39. The van der Waals surface area contributed by atoms with Gasteiger partial charge in [0.15, 0.2) is 14.1 Å². The minimum atomic E-state index is -1.77. The van der Waals surface area contributed by atoms with Crippen LogP contribution >= 0.6 is 22.6 Å². The summed E-state index contributed by atoms with van der Waals surface area (Å²) in [5, 5.41) is 0.268. The SMILES string of the molecule is CC1(C)COC2(C=C3CC[C@@H]4C(=CC[C@]5(C)[C@@H](O[Si](C)(C)C(C)(C)C)CC[C@@H]45)[C@@]3(I)CC2)OC1. The number of halogens is 1. The van der Waals surface area contributed by atoms with Crippen molar-refractivity contribution in [2.24, 2.45) is 22.7 Å². The highest BCUT2D eigenvalue weighted by Crippen LogP contribution is 2.64. The molecule has 1 spiro atoms. The Kier molecular flexibility index (Phi) is 6.22. The second-order valence-corrected chi connectivity index (χ2v) is 21.2. The average molecular weight is 599 g/mol. The average Bonchev–Trinajstić information content (AvgIpc) is 3.06. The van der Waals surface area contributed by atoms with Crippen LogP contribution in [0, 0.1) is 22.7 Å². The number of ether oxygens (including phenoxy) is 2. The predicted octanol–water partition coefficient (Wildman–Crippen LogP) is 8.20. The summed E-state index contributed by atoms with van der Waals surface area (Å²) in [6, 6.07) is 0. The molecule has 192 valence electrons. The molecule has 0 radical (unpaired) electrons. The van der Waals surface area contributed by atoms with Gasteiger partial charge in [-0.25, -0.2) is 0 Å². The first kappa shape index (κ1) is 25.9. The van der Waals surface area contributed by atoms with Gasteiger partial charge in [0.2, 0.25) is 0 Å². The summed E-state index contributed by atoms with van der Waals surface area (Å²) in [4.78, 5) is 0. The van der Waals surface area contributed by atoms with Crippen LogP contribution in [-0.4, -0.2) is 36.8 Å². The Morgan fingerprint density at radius 3 is 2.35 bits per heavy atom. The Labute approximate surface area is 223 Å². The fourth-order valence-corrected chi connectivity index (χ4v) is 9.99. The van der Waals surface area contributed by atoms with Crippen LogP contribution < -0.4 is 0 Å². The molecule has 0 bridgehead atoms. The minimum absolute atomic E-state index is 0.113. The van der Waals surface area contributed by atoms with E-state index in [1.54, 1.807) is 11.1 Å². The van der Waals surface area contributed by atoms with Crippen molar-refractivity contribution in [1.82, 2.24) is 0 Å². The lowest BCUT2D eigenvalue weighted by Gasteiger charge is -2.55. The van der Waals surface area contributed by atoms with Crippen molar-refractivity contribution in [3.05, 3.63) is 23.3 Å². The molecular weight excluding hydrogens is 551 g/mol. The Morgan fingerprint density at radius 1 is 1.03 bits per heavy atom. The van der Waals surface area contributed by atoms with Gasteiger partial charge < -0.3 is 13.9 Å². The molecule has 3 fully saturated rings. The van der Waals surface area contributed by atoms with Crippen LogP contribution in [0.1, 0.15) is 86.5 Å². The van der Waals surface area contributed by atoms with E-state index in [1.165, 1.54) is 32.1 Å². The maximum atomic E-state index is 7.10. The summed E-state index contributed by atoms with van der Waals surface area (Å²) in [5.41, 5.74) is 3.70. The zero-order valence-electron chi connectivity index (χ0n) is 22.9. The molecule has 0 amide bonds. The van der Waals surface area contributed by atoms with E-state index in [9.17, 15) is 0 Å². The fourth-order valence-electron chi connectivity index (χ4n) is 7.23. The predicted molar refractivity (Wildman–Crippen MR) is 151 cm³/mol. The molecule has 4 aliphatic carbocycles. The standard InChI is InChI=1S/C29H47IO3Si/c1-25(2,3)34(7,8)33-24-12-11-22-21-10-9-20-17-28(31-18-26(4,5)19-32-28)15-16-29(20,30)23(21)13-14-27(22,24)6/h13,17,21-22,24H,9-12,14-16,18-19H2,1-8H3/t21-,22-,24-,27-,29+/m0/s1. The summed E-state index contributed by atoms with van der Waals surface area (Å²) < 4.78 is 20.0. The molecule has 1 saturated heterocycles. The van der Waals surface area contributed by atoms with Gasteiger partial charge >= 0.3 is 0 Å². The highest BCUT2D eigenvalue weighted by atomic mass is 127. The van der Waals surface area contributed by atoms with Crippen molar-refractivity contribution in [3.8, 4) is 0 Å². The second-order valence-electron chi connectivity index (χ2n) is 14.6. The van der Waals surface area contributed by atoms with E-state index in [-0.39, 0.29) is 19.3 Å². The molecule has 0 unspecified atom stereocenters. The van der Waals surface area contributed by atoms with Crippen molar-refractivity contribution in [1.29, 1.82) is 0 Å². The lowest BCUT2D eigenvalue weighted by atomic mass is 9.56. The Bertz CT molecular complexity index is 890. The quantitative estimate of drug-likeness (QED) is 0.139. The largest absolute Gasteiger partial charge is 0.413 e. The number of hydrogen-bond donors (Lipinski definition) is 0. The molecule has 2 saturated carbocycles. The molecular formula is C29H47IO3Si. The summed E-state index contributed by atoms with van der Waals surface area (Å²) in [5.74, 6) is 0.988. The van der Waals surface area contributed by atoms with Crippen molar-refractivity contribution in [2.45, 2.75) is 120 Å². The van der Waals surface area contributed by atoms with Gasteiger partial charge in [-0.1, -0.05) is 75.8 Å². The number of allylic oxidation sites excluding steroid dienone is 3. The normalized spacial score (nSPS) is 41.3. The van der Waals surface area contributed by atoms with Gasteiger partial charge in [0.25, 0.3) is 0 Å². The van der Waals surface area contributed by atoms with E-state index in [4.69, 9.17) is 13.9 Å². The first-order valence-corrected chi connectivity index (χ1v) is 17.7. The summed E-state index contributed by atoms with van der Waals surface area (Å²) in [6.45, 7) is 20.6. The van der Waals surface area contributed by atoms with Crippen LogP contribution in [0.3, 0.4) is 0 Å². The highest BCUT2D eigenvalue weighted by Gasteiger charge is 2.59. The molecule has 0 aromatic carbocycles. The van der Waals surface area contributed by atoms with Crippen molar-refractivity contribution >= 4 is 30.9 Å². The molecule has 3 nitrogen and oxygen atoms in total. The maximum absolute atomic E-state index is 7.10. The molecule has 0 N–H and O–H groups in total. The van der Waals surface area contributed by atoms with E-state index in [0.717, 1.165) is 32.0 Å². The zero-order valence-corrected chi connectivity index (χ0v) is 26.0. The lowest BCUT2D eigenvalue weighted by Crippen LogP contribution is -2.53. The van der Waals surface area contributed by atoms with E-state index in [0.29, 0.717) is 12.0 Å². The van der Waals surface area contributed by atoms with Crippen LogP contribution in [0.4, 0.5) is 0 Å². The van der Waals surface area contributed by atoms with Crippen LogP contribution in [0.15, 0.2) is 23.3 Å². The molecule has 5 aliphatic rings. The van der Waals surface area contributed by atoms with Crippen LogP contribution in [-0.2, 0) is 13.9 Å². The first-order chi connectivity index (χ1) is 15.6. The topological polar surface area (TPSA) is 27.7 Å². The summed E-state index contributed by atoms with van der Waals surface area (Å²) >= 11 is 2.81. The van der Waals surface area contributed by atoms with Crippen molar-refractivity contribution < 1.29 is 13.9 Å². The van der Waals surface area contributed by atoms with Crippen LogP contribution in [0.5, 0.6) is 0 Å². The molecule has 0 aromatic rings. The summed E-state index contributed by atoms with van der Waals surface area (Å²) in [6.07, 6.45) is 13.8. The molecule has 5 heteroatoms. The van der Waals surface area contributed by atoms with Crippen LogP contribution in [0.2, 0.25) is 18.1 Å². The third-order valence-corrected chi connectivity index (χ3v) is 16.9. The number of alkyl halides is 1. The monoisotopic (exact) mass is 598 g/mol. The van der Waals surface area contributed by atoms with Gasteiger partial charge in [0, 0.05) is 11.8 Å². The minimum Gasteiger partial charge on any atom is -0.413 e. The summed E-state index contributed by atoms with van der Waals surface area (Å²) in [7, 11) is -1.77. The third-order valence-electron chi connectivity index (χ3n) is 10.5. The fraction of sp³-hybridized carbons (Fsp3) is 0.862. The molecule has 1 aliphatic heterocycles. The molecule has 1 heterocycles. The van der Waals surface area contributed by atoms with E-state index < -0.39 is 14.1 Å². The van der Waals surface area contributed by atoms with Crippen molar-refractivity contribution in [3.63, 3.8) is 0 Å². The van der Waals surface area contributed by atoms with Gasteiger partial charge in [-0.15, -0.1) is 0 Å². The number of fused-ring (bicyclic) bond motifs is 5. The van der Waals surface area contributed by atoms with E-state index in [1.807, 2.05) is 0 Å². The van der Waals surface area contributed by atoms with Gasteiger partial charge in [-0.05, 0) is 85.6 Å². The molecule has 5 rings (SSSR count). The maximum Gasteiger partial charge on any atom is 0.192 e. The van der Waals surface area contributed by atoms with E-state index in [2.05, 4.69) is 89.4 Å². The highest BCUT2D eigenvalue weighted by molar-refractivity contribution is 14.1.